The molecule has 11 aromatic rings. The molecule has 0 atom stereocenters. The molecule has 0 aromatic heterocycles. The first-order chi connectivity index (χ1) is 24.8. The van der Waals surface area contributed by atoms with E-state index in [4.69, 9.17) is 0 Å². The molecule has 230 valence electrons. The molecule has 0 aliphatic heterocycles. The summed E-state index contributed by atoms with van der Waals surface area (Å²) < 4.78 is 0. The Labute approximate surface area is 289 Å². The molecule has 11 aromatic carbocycles. The Kier molecular flexibility index (Phi) is 5.76. The van der Waals surface area contributed by atoms with Gasteiger partial charge in [0.1, 0.15) is 0 Å². The van der Waals surface area contributed by atoms with Crippen LogP contribution in [-0.2, 0) is 0 Å². The van der Waals surface area contributed by atoms with Crippen LogP contribution in [0.2, 0.25) is 0 Å². The minimum atomic E-state index is 1.26. The van der Waals surface area contributed by atoms with Crippen LogP contribution in [0.4, 0.5) is 0 Å². The monoisotopic (exact) mass is 630 g/mol. The van der Waals surface area contributed by atoms with Crippen molar-refractivity contribution in [2.45, 2.75) is 0 Å². The topological polar surface area (TPSA) is 0 Å². The maximum atomic E-state index is 2.43. The van der Waals surface area contributed by atoms with Gasteiger partial charge in [-0.3, -0.25) is 0 Å². The molecule has 0 saturated carbocycles. The van der Waals surface area contributed by atoms with Crippen molar-refractivity contribution in [1.29, 1.82) is 0 Å². The predicted octanol–water partition coefficient (Wildman–Crippen LogP) is 14.2. The second-order valence-corrected chi connectivity index (χ2v) is 13.6. The van der Waals surface area contributed by atoms with Crippen LogP contribution in [0.3, 0.4) is 0 Å². The number of rotatable bonds is 2. The average Bonchev–Trinajstić information content (AvgIpc) is 3.18. The van der Waals surface area contributed by atoms with Crippen molar-refractivity contribution in [1.82, 2.24) is 0 Å². The summed E-state index contributed by atoms with van der Waals surface area (Å²) in [6, 6.07) is 67.8. The summed E-state index contributed by atoms with van der Waals surface area (Å²) in [5.74, 6) is 0. The lowest BCUT2D eigenvalue weighted by molar-refractivity contribution is 1.71. The van der Waals surface area contributed by atoms with E-state index < -0.39 is 0 Å². The molecule has 0 spiro atoms. The van der Waals surface area contributed by atoms with E-state index in [1.54, 1.807) is 0 Å². The van der Waals surface area contributed by atoms with Gasteiger partial charge in [-0.15, -0.1) is 0 Å². The van der Waals surface area contributed by atoms with Gasteiger partial charge in [-0.2, -0.15) is 0 Å². The summed E-state index contributed by atoms with van der Waals surface area (Å²) in [4.78, 5) is 0. The molecule has 0 bridgehead atoms. The van der Waals surface area contributed by atoms with Crippen molar-refractivity contribution in [3.8, 4) is 22.3 Å². The summed E-state index contributed by atoms with van der Waals surface area (Å²) in [6.07, 6.45) is 0. The maximum absolute atomic E-state index is 2.43. The van der Waals surface area contributed by atoms with Crippen molar-refractivity contribution in [2.24, 2.45) is 0 Å². The molecule has 0 aliphatic rings. The van der Waals surface area contributed by atoms with E-state index in [2.05, 4.69) is 182 Å². The van der Waals surface area contributed by atoms with Crippen molar-refractivity contribution >= 4 is 86.2 Å². The lowest BCUT2D eigenvalue weighted by Crippen LogP contribution is -1.93. The van der Waals surface area contributed by atoms with Crippen LogP contribution in [0, 0.1) is 0 Å². The highest BCUT2D eigenvalue weighted by molar-refractivity contribution is 6.29. The maximum Gasteiger partial charge on any atom is -0.00199 e. The highest BCUT2D eigenvalue weighted by Crippen LogP contribution is 2.49. The highest BCUT2D eigenvalue weighted by Gasteiger charge is 2.21. The van der Waals surface area contributed by atoms with Crippen molar-refractivity contribution in [3.63, 3.8) is 0 Å². The third-order valence-corrected chi connectivity index (χ3v) is 10.9. The fraction of sp³-hybridized carbons (Fsp3) is 0. The zero-order valence-electron chi connectivity index (χ0n) is 27.3. The zero-order valence-corrected chi connectivity index (χ0v) is 27.3. The average molecular weight is 631 g/mol. The minimum Gasteiger partial charge on any atom is -0.0616 e. The molecule has 11 rings (SSSR count). The first kappa shape index (κ1) is 27.5. The van der Waals surface area contributed by atoms with Crippen molar-refractivity contribution in [2.75, 3.05) is 0 Å². The van der Waals surface area contributed by atoms with Crippen LogP contribution >= 0.6 is 0 Å². The number of hydrogen-bond donors (Lipinski definition) is 0. The van der Waals surface area contributed by atoms with Gasteiger partial charge in [0.15, 0.2) is 0 Å². The van der Waals surface area contributed by atoms with Gasteiger partial charge in [0, 0.05) is 0 Å². The molecule has 0 heteroatoms. The van der Waals surface area contributed by atoms with Crippen LogP contribution in [0.5, 0.6) is 0 Å². The summed E-state index contributed by atoms with van der Waals surface area (Å²) in [5, 5.41) is 20.4. The number of fused-ring (bicyclic) bond motifs is 10. The van der Waals surface area contributed by atoms with E-state index in [1.165, 1.54) is 108 Å². The number of hydrogen-bond acceptors (Lipinski definition) is 0. The number of benzene rings is 11. The van der Waals surface area contributed by atoms with Gasteiger partial charge < -0.3 is 0 Å². The first-order valence-corrected chi connectivity index (χ1v) is 17.4. The lowest BCUT2D eigenvalue weighted by Gasteiger charge is -2.21. The summed E-state index contributed by atoms with van der Waals surface area (Å²) >= 11 is 0. The lowest BCUT2D eigenvalue weighted by atomic mass is 9.82. The van der Waals surface area contributed by atoms with Gasteiger partial charge in [-0.1, -0.05) is 146 Å². The van der Waals surface area contributed by atoms with Crippen LogP contribution in [-0.4, -0.2) is 0 Å². The Morgan fingerprint density at radius 1 is 0.180 bits per heavy atom. The van der Waals surface area contributed by atoms with Gasteiger partial charge in [0.2, 0.25) is 0 Å². The smallest absolute Gasteiger partial charge is 0.00199 e. The fourth-order valence-corrected chi connectivity index (χ4v) is 8.70. The van der Waals surface area contributed by atoms with Crippen molar-refractivity contribution in [3.05, 3.63) is 182 Å². The largest absolute Gasteiger partial charge is 0.0616 e. The van der Waals surface area contributed by atoms with E-state index in [-0.39, 0.29) is 0 Å². The fourth-order valence-electron chi connectivity index (χ4n) is 8.70. The van der Waals surface area contributed by atoms with E-state index >= 15 is 0 Å². The third-order valence-electron chi connectivity index (χ3n) is 10.9. The van der Waals surface area contributed by atoms with Crippen LogP contribution in [0.25, 0.3) is 108 Å². The Bertz CT molecular complexity index is 2930. The summed E-state index contributed by atoms with van der Waals surface area (Å²) in [5.41, 5.74) is 5.14. The normalized spacial score (nSPS) is 12.0. The minimum absolute atomic E-state index is 1.26. The SMILES string of the molecule is c1ccc2cc3c(cc2c1)c(-c1c2ccccc2c(-c2cc4ccccc4c4cc5ccccc5cc24)c2ccccc12)cc1ccccc13. The molecular weight excluding hydrogens is 601 g/mol. The van der Waals surface area contributed by atoms with Gasteiger partial charge in [-0.05, 0) is 145 Å². The van der Waals surface area contributed by atoms with Gasteiger partial charge in [0.05, 0.1) is 0 Å². The molecule has 50 heavy (non-hydrogen) atoms. The Morgan fingerprint density at radius 2 is 0.440 bits per heavy atom. The van der Waals surface area contributed by atoms with E-state index in [9.17, 15) is 0 Å². The molecule has 0 N–H and O–H groups in total. The van der Waals surface area contributed by atoms with Crippen LogP contribution in [0.1, 0.15) is 0 Å². The van der Waals surface area contributed by atoms with Crippen LogP contribution < -0.4 is 0 Å². The highest BCUT2D eigenvalue weighted by atomic mass is 14.2. The summed E-state index contributed by atoms with van der Waals surface area (Å²) in [7, 11) is 0. The molecule has 0 aliphatic carbocycles. The zero-order chi connectivity index (χ0) is 32.8. The quantitative estimate of drug-likeness (QED) is 0.132. The molecule has 0 radical (unpaired) electrons. The summed E-state index contributed by atoms with van der Waals surface area (Å²) in [6.45, 7) is 0. The molecule has 0 amide bonds. The van der Waals surface area contributed by atoms with E-state index in [0.29, 0.717) is 0 Å². The first-order valence-electron chi connectivity index (χ1n) is 17.4. The standard InChI is InChI=1S/C50H30/c1-3-15-33-27-45-43(25-31(33)13-1)37-19-7-5-17-35(37)29-47(45)49-39-21-9-11-23-41(39)50(42-24-12-10-22-40(42)49)48-30-36-18-6-8-20-38(36)44-26-32-14-2-4-16-34(32)28-46(44)48/h1-30H. The molecular formula is C50H30. The van der Waals surface area contributed by atoms with Gasteiger partial charge in [0.25, 0.3) is 0 Å². The Morgan fingerprint density at radius 3 is 0.780 bits per heavy atom. The molecule has 0 heterocycles. The molecule has 0 fully saturated rings. The second kappa shape index (κ2) is 10.5. The molecule has 0 unspecified atom stereocenters. The van der Waals surface area contributed by atoms with Gasteiger partial charge in [-0.25, -0.2) is 0 Å². The second-order valence-electron chi connectivity index (χ2n) is 13.6. The Balaban J connectivity index is 1.33. The van der Waals surface area contributed by atoms with Crippen LogP contribution in [0.15, 0.2) is 182 Å². The molecule has 0 saturated heterocycles. The van der Waals surface area contributed by atoms with Crippen molar-refractivity contribution < 1.29 is 0 Å². The predicted molar refractivity (Wildman–Crippen MR) is 217 cm³/mol. The van der Waals surface area contributed by atoms with Gasteiger partial charge >= 0.3 is 0 Å². The third kappa shape index (κ3) is 3.94. The van der Waals surface area contributed by atoms with E-state index in [1.807, 2.05) is 0 Å². The van der Waals surface area contributed by atoms with E-state index in [0.717, 1.165) is 0 Å². The molecule has 0 nitrogen and oxygen atoms in total. The Hall–Kier alpha value is -6.50.